The molecule has 2 aliphatic heterocycles. The van der Waals surface area contributed by atoms with E-state index >= 15 is 0 Å². The molecule has 0 saturated carbocycles. The second-order valence-corrected chi connectivity index (χ2v) is 17.3. The van der Waals surface area contributed by atoms with Gasteiger partial charge in [0.25, 0.3) is 5.91 Å². The van der Waals surface area contributed by atoms with Gasteiger partial charge >= 0.3 is 11.9 Å². The molecule has 0 aromatic heterocycles. The second-order valence-electron chi connectivity index (χ2n) is 17.3. The van der Waals surface area contributed by atoms with Crippen LogP contribution in [-0.2, 0) is 49.5 Å². The number of hydrogen-bond donors (Lipinski definition) is 3. The number of nitrogens with one attached hydrogen (secondary N) is 3. The number of nitrogens with zero attached hydrogens (tertiary/aromatic N) is 2. The fourth-order valence-electron chi connectivity index (χ4n) is 7.35. The third-order valence-corrected chi connectivity index (χ3v) is 11.3. The number of carbonyl (C=O) groups excluding carboxylic acids is 7. The maximum Gasteiger partial charge on any atom is 0.329 e. The molecule has 59 heavy (non-hydrogen) atoms. The number of likely N-dealkylation sites (N-methyl/N-ethyl adjacent to an activating group) is 1. The number of hydrogen-bond acceptors (Lipinski definition) is 10. The number of ether oxygens (including phenoxy) is 3. The van der Waals surface area contributed by atoms with Crippen LogP contribution in [0.3, 0.4) is 0 Å². The van der Waals surface area contributed by atoms with Crippen molar-refractivity contribution in [3.8, 4) is 5.75 Å². The van der Waals surface area contributed by atoms with Crippen LogP contribution in [0.4, 0.5) is 0 Å². The standard InChI is InChI=1S/C44H69N5O10/c1-11-29(8)32-19-21-38(51)59-39(28(6)7)41(53)47-33(23-27(4)5)42(54)49-22-12-13-35(49)43(55)48(9)36(24-30-15-17-31(57-10)18-16-30)44(56)58-25-34(40(52)46-32)45-37(50)20-14-26(2)3/h15-18,26-29,32-36,39H,11-14,19-25H2,1-10H3,(H,45,50)(H,46,52)(H,47,53)/t29-,32-,33-,34-,35-,36-,39?/m0/s1. The summed E-state index contributed by atoms with van der Waals surface area (Å²) in [6, 6.07) is 2.06. The van der Waals surface area contributed by atoms with E-state index in [0.29, 0.717) is 37.0 Å². The summed E-state index contributed by atoms with van der Waals surface area (Å²) >= 11 is 0. The molecule has 15 nitrogen and oxygen atoms in total. The predicted octanol–water partition coefficient (Wildman–Crippen LogP) is 3.94. The topological polar surface area (TPSA) is 190 Å². The molecule has 1 aromatic rings. The van der Waals surface area contributed by atoms with Gasteiger partial charge < -0.3 is 40.0 Å². The van der Waals surface area contributed by atoms with Crippen LogP contribution in [0.25, 0.3) is 0 Å². The minimum Gasteiger partial charge on any atom is -0.497 e. The minimum absolute atomic E-state index is 0.0154. The monoisotopic (exact) mass is 828 g/mol. The first-order valence-corrected chi connectivity index (χ1v) is 21.3. The average molecular weight is 828 g/mol. The number of fused-ring (bicyclic) bond motifs is 1. The zero-order chi connectivity index (χ0) is 44.0. The highest BCUT2D eigenvalue weighted by atomic mass is 16.5. The Labute approximate surface area is 350 Å². The summed E-state index contributed by atoms with van der Waals surface area (Å²) in [5, 5.41) is 8.57. The van der Waals surface area contributed by atoms with Gasteiger partial charge in [0.2, 0.25) is 23.6 Å². The molecular formula is C44H69N5O10. The molecule has 3 N–H and O–H groups in total. The van der Waals surface area contributed by atoms with E-state index in [9.17, 15) is 33.6 Å². The van der Waals surface area contributed by atoms with Gasteiger partial charge in [-0.3, -0.25) is 28.8 Å². The number of carbonyl (C=O) groups is 7. The molecule has 330 valence electrons. The lowest BCUT2D eigenvalue weighted by Crippen LogP contribution is -2.57. The highest BCUT2D eigenvalue weighted by molar-refractivity contribution is 5.95. The Bertz CT molecular complexity index is 1600. The molecule has 7 atom stereocenters. The van der Waals surface area contributed by atoms with Gasteiger partial charge in [-0.15, -0.1) is 0 Å². The Kier molecular flexibility index (Phi) is 19.1. The van der Waals surface area contributed by atoms with Crippen molar-refractivity contribution in [2.45, 2.75) is 149 Å². The molecule has 0 bridgehead atoms. The van der Waals surface area contributed by atoms with Crippen LogP contribution in [0.2, 0.25) is 0 Å². The average Bonchev–Trinajstić information content (AvgIpc) is 3.69. The summed E-state index contributed by atoms with van der Waals surface area (Å²) in [6.07, 6.45) is 1.36. The van der Waals surface area contributed by atoms with Crippen molar-refractivity contribution in [3.05, 3.63) is 29.8 Å². The normalized spacial score (nSPS) is 25.2. The summed E-state index contributed by atoms with van der Waals surface area (Å²) in [5.74, 6) is -3.75. The summed E-state index contributed by atoms with van der Waals surface area (Å²) in [7, 11) is 3.02. The molecule has 0 radical (unpaired) electrons. The zero-order valence-electron chi connectivity index (χ0n) is 36.8. The van der Waals surface area contributed by atoms with Crippen LogP contribution in [-0.4, -0.2) is 115 Å². The molecule has 2 saturated heterocycles. The highest BCUT2D eigenvalue weighted by Gasteiger charge is 2.43. The van der Waals surface area contributed by atoms with Gasteiger partial charge in [0.05, 0.1) is 7.11 Å². The Morgan fingerprint density at radius 1 is 0.915 bits per heavy atom. The van der Waals surface area contributed by atoms with E-state index in [2.05, 4.69) is 16.0 Å². The predicted molar refractivity (Wildman–Crippen MR) is 222 cm³/mol. The fourth-order valence-corrected chi connectivity index (χ4v) is 7.35. The third kappa shape index (κ3) is 14.5. The number of rotatable bonds is 12. The Morgan fingerprint density at radius 3 is 2.19 bits per heavy atom. The highest BCUT2D eigenvalue weighted by Crippen LogP contribution is 2.25. The smallest absolute Gasteiger partial charge is 0.329 e. The molecule has 0 spiro atoms. The van der Waals surface area contributed by atoms with E-state index < -0.39 is 90.3 Å². The van der Waals surface area contributed by atoms with Crippen molar-refractivity contribution in [3.63, 3.8) is 0 Å². The van der Waals surface area contributed by atoms with Crippen LogP contribution in [0.1, 0.15) is 112 Å². The van der Waals surface area contributed by atoms with Crippen molar-refractivity contribution >= 4 is 41.5 Å². The largest absolute Gasteiger partial charge is 0.497 e. The number of amides is 5. The molecule has 1 aromatic carbocycles. The van der Waals surface area contributed by atoms with Gasteiger partial charge in [-0.1, -0.05) is 73.9 Å². The van der Waals surface area contributed by atoms with Gasteiger partial charge in [-0.25, -0.2) is 4.79 Å². The molecule has 15 heteroatoms. The first-order valence-electron chi connectivity index (χ1n) is 21.3. The van der Waals surface area contributed by atoms with Crippen LogP contribution in [0, 0.1) is 23.7 Å². The van der Waals surface area contributed by atoms with Crippen molar-refractivity contribution in [1.29, 1.82) is 0 Å². The number of cyclic esters (lactones) is 2. The Hall–Kier alpha value is -4.69. The molecular weight excluding hydrogens is 759 g/mol. The lowest BCUT2D eigenvalue weighted by Gasteiger charge is -2.34. The van der Waals surface area contributed by atoms with Crippen molar-refractivity contribution in [1.82, 2.24) is 25.8 Å². The van der Waals surface area contributed by atoms with Gasteiger partial charge in [0.1, 0.15) is 36.5 Å². The summed E-state index contributed by atoms with van der Waals surface area (Å²) in [4.78, 5) is 100. The van der Waals surface area contributed by atoms with Crippen molar-refractivity contribution in [2.75, 3.05) is 27.3 Å². The summed E-state index contributed by atoms with van der Waals surface area (Å²) < 4.78 is 16.9. The quantitative estimate of drug-likeness (QED) is 0.261. The maximum atomic E-state index is 14.5. The van der Waals surface area contributed by atoms with Gasteiger partial charge in [-0.05, 0) is 73.5 Å². The number of esters is 2. The SMILES string of the molecule is CC[C@H](C)[C@@H]1CCC(=O)OC(C(C)C)C(=O)N[C@@H](CC(C)C)C(=O)N2CCC[C@H]2C(=O)N(C)[C@@H](Cc2ccc(OC)cc2)C(=O)OC[C@H](NC(=O)CCC(C)C)C(=O)N1. The lowest BCUT2D eigenvalue weighted by atomic mass is 9.94. The zero-order valence-corrected chi connectivity index (χ0v) is 36.8. The first-order chi connectivity index (χ1) is 27.9. The van der Waals surface area contributed by atoms with E-state index in [1.807, 2.05) is 41.5 Å². The maximum absolute atomic E-state index is 14.5. The lowest BCUT2D eigenvalue weighted by molar-refractivity contribution is -0.160. The van der Waals surface area contributed by atoms with E-state index in [4.69, 9.17) is 14.2 Å². The summed E-state index contributed by atoms with van der Waals surface area (Å²) in [5.41, 5.74) is 0.695. The molecule has 2 fully saturated rings. The molecule has 2 heterocycles. The van der Waals surface area contributed by atoms with Crippen LogP contribution in [0.5, 0.6) is 5.75 Å². The third-order valence-electron chi connectivity index (χ3n) is 11.3. The number of benzene rings is 1. The molecule has 2 aliphatic rings. The van der Waals surface area contributed by atoms with Gasteiger partial charge in [0.15, 0.2) is 6.10 Å². The molecule has 0 aliphatic carbocycles. The van der Waals surface area contributed by atoms with Crippen LogP contribution in [0.15, 0.2) is 24.3 Å². The Morgan fingerprint density at radius 2 is 1.59 bits per heavy atom. The minimum atomic E-state index is -1.29. The van der Waals surface area contributed by atoms with E-state index in [1.165, 1.54) is 24.0 Å². The molecule has 1 unspecified atom stereocenters. The van der Waals surface area contributed by atoms with Crippen LogP contribution >= 0.6 is 0 Å². The number of methoxy groups -OCH3 is 1. The molecule has 3 rings (SSSR count). The van der Waals surface area contributed by atoms with Crippen molar-refractivity contribution < 1.29 is 47.8 Å². The first kappa shape index (κ1) is 48.7. The van der Waals surface area contributed by atoms with E-state index in [-0.39, 0.29) is 56.4 Å². The van der Waals surface area contributed by atoms with E-state index in [1.54, 1.807) is 38.1 Å². The Balaban J connectivity index is 2.11. The fraction of sp³-hybridized carbons (Fsp3) is 0.705. The van der Waals surface area contributed by atoms with Crippen molar-refractivity contribution in [2.24, 2.45) is 23.7 Å². The van der Waals surface area contributed by atoms with Gasteiger partial charge in [-0.2, -0.15) is 0 Å². The van der Waals surface area contributed by atoms with Gasteiger partial charge in [0, 0.05) is 38.9 Å². The van der Waals surface area contributed by atoms with E-state index in [0.717, 1.165) is 0 Å². The van der Waals surface area contributed by atoms with Crippen LogP contribution < -0.4 is 20.7 Å². The molecule has 5 amide bonds. The second kappa shape index (κ2) is 23.2. The summed E-state index contributed by atoms with van der Waals surface area (Å²) in [6.45, 7) is 14.9.